The van der Waals surface area contributed by atoms with Crippen LogP contribution >= 0.6 is 0 Å². The maximum Gasteiger partial charge on any atom is 0.229 e. The zero-order chi connectivity index (χ0) is 14.4. The lowest BCUT2D eigenvalue weighted by molar-refractivity contribution is -0.120. The molecule has 3 heteroatoms. The molecule has 2 unspecified atom stereocenters. The third-order valence-electron chi connectivity index (χ3n) is 4.20. The highest BCUT2D eigenvalue weighted by molar-refractivity contribution is 5.93. The molecular weight excluding hydrogens is 248 g/mol. The summed E-state index contributed by atoms with van der Waals surface area (Å²) in [5, 5.41) is 3.10. The Labute approximate surface area is 121 Å². The van der Waals surface area contributed by atoms with E-state index in [1.807, 2.05) is 18.2 Å². The van der Waals surface area contributed by atoms with Crippen LogP contribution in [0.15, 0.2) is 24.3 Å². The molecule has 0 aliphatic heterocycles. The van der Waals surface area contributed by atoms with E-state index in [0.717, 1.165) is 44.2 Å². The maximum absolute atomic E-state index is 12.5. The summed E-state index contributed by atoms with van der Waals surface area (Å²) in [6, 6.07) is 8.09. The fraction of sp³-hybridized carbons (Fsp3) is 0.588. The minimum absolute atomic E-state index is 0.0100. The third kappa shape index (κ3) is 3.83. The monoisotopic (exact) mass is 274 g/mol. The van der Waals surface area contributed by atoms with E-state index in [9.17, 15) is 4.79 Å². The summed E-state index contributed by atoms with van der Waals surface area (Å²) in [5.74, 6) is 0.0649. The van der Waals surface area contributed by atoms with Crippen LogP contribution in [0, 0.1) is 5.92 Å². The molecule has 20 heavy (non-hydrogen) atoms. The Kier molecular flexibility index (Phi) is 5.60. The molecule has 1 saturated carbocycles. The van der Waals surface area contributed by atoms with Crippen LogP contribution in [-0.2, 0) is 11.2 Å². The fourth-order valence-electron chi connectivity index (χ4n) is 3.02. The molecule has 0 aromatic heterocycles. The van der Waals surface area contributed by atoms with Crippen LogP contribution in [0.5, 0.6) is 0 Å². The molecule has 0 radical (unpaired) electrons. The number of aryl methyl sites for hydroxylation is 1. The van der Waals surface area contributed by atoms with Crippen molar-refractivity contribution in [3.05, 3.63) is 29.8 Å². The SMILES string of the molecule is CCCc1ccccc1NC(=O)C1CCCCCC1N. The number of carbonyl (C=O) groups is 1. The molecule has 1 aromatic carbocycles. The number of carbonyl (C=O) groups excluding carboxylic acids is 1. The zero-order valence-electron chi connectivity index (χ0n) is 12.4. The molecule has 2 rings (SSSR count). The van der Waals surface area contributed by atoms with Gasteiger partial charge in [-0.1, -0.05) is 50.8 Å². The second-order valence-electron chi connectivity index (χ2n) is 5.80. The van der Waals surface area contributed by atoms with Crippen LogP contribution < -0.4 is 11.1 Å². The normalized spacial score (nSPS) is 23.1. The van der Waals surface area contributed by atoms with Crippen molar-refractivity contribution in [3.63, 3.8) is 0 Å². The highest BCUT2D eigenvalue weighted by atomic mass is 16.1. The van der Waals surface area contributed by atoms with E-state index in [1.165, 1.54) is 12.0 Å². The molecule has 0 saturated heterocycles. The molecular formula is C17H26N2O. The third-order valence-corrected chi connectivity index (χ3v) is 4.20. The average molecular weight is 274 g/mol. The van der Waals surface area contributed by atoms with Gasteiger partial charge in [0.1, 0.15) is 0 Å². The van der Waals surface area contributed by atoms with Gasteiger partial charge in [0, 0.05) is 11.7 Å². The van der Waals surface area contributed by atoms with Crippen molar-refractivity contribution in [2.45, 2.75) is 57.9 Å². The number of nitrogens with one attached hydrogen (secondary N) is 1. The zero-order valence-corrected chi connectivity index (χ0v) is 12.4. The molecule has 110 valence electrons. The Morgan fingerprint density at radius 1 is 1.25 bits per heavy atom. The van der Waals surface area contributed by atoms with Crippen molar-refractivity contribution < 1.29 is 4.79 Å². The predicted molar refractivity (Wildman–Crippen MR) is 83.6 cm³/mol. The summed E-state index contributed by atoms with van der Waals surface area (Å²) in [6.07, 6.45) is 7.42. The Hall–Kier alpha value is -1.35. The number of anilines is 1. The Morgan fingerprint density at radius 2 is 2.00 bits per heavy atom. The lowest BCUT2D eigenvalue weighted by Gasteiger charge is -2.21. The quantitative estimate of drug-likeness (QED) is 0.826. The molecule has 3 N–H and O–H groups in total. The Balaban J connectivity index is 2.06. The van der Waals surface area contributed by atoms with E-state index in [1.54, 1.807) is 0 Å². The second-order valence-corrected chi connectivity index (χ2v) is 5.80. The van der Waals surface area contributed by atoms with Gasteiger partial charge in [0.15, 0.2) is 0 Å². The summed E-state index contributed by atoms with van der Waals surface area (Å²) >= 11 is 0. The topological polar surface area (TPSA) is 55.1 Å². The molecule has 1 aliphatic carbocycles. The standard InChI is InChI=1S/C17H26N2O/c1-2-8-13-9-6-7-12-16(13)19-17(20)14-10-4-3-5-11-15(14)18/h6-7,9,12,14-15H,2-5,8,10-11,18H2,1H3,(H,19,20). The fourth-order valence-corrected chi connectivity index (χ4v) is 3.02. The maximum atomic E-state index is 12.5. The average Bonchev–Trinajstić information content (AvgIpc) is 2.66. The molecule has 3 nitrogen and oxygen atoms in total. The lowest BCUT2D eigenvalue weighted by Crippen LogP contribution is -2.38. The van der Waals surface area contributed by atoms with Crippen molar-refractivity contribution in [1.29, 1.82) is 0 Å². The van der Waals surface area contributed by atoms with Gasteiger partial charge < -0.3 is 11.1 Å². The number of hydrogen-bond donors (Lipinski definition) is 2. The minimum Gasteiger partial charge on any atom is -0.327 e. The van der Waals surface area contributed by atoms with E-state index < -0.39 is 0 Å². The van der Waals surface area contributed by atoms with Crippen molar-refractivity contribution in [2.24, 2.45) is 11.7 Å². The van der Waals surface area contributed by atoms with E-state index in [0.29, 0.717) is 0 Å². The molecule has 1 amide bonds. The van der Waals surface area contributed by atoms with Crippen molar-refractivity contribution in [2.75, 3.05) is 5.32 Å². The highest BCUT2D eigenvalue weighted by Gasteiger charge is 2.27. The number of nitrogens with two attached hydrogens (primary N) is 1. The molecule has 0 heterocycles. The van der Waals surface area contributed by atoms with Crippen LogP contribution in [0.1, 0.15) is 51.0 Å². The van der Waals surface area contributed by atoms with Gasteiger partial charge in [0.2, 0.25) is 5.91 Å². The van der Waals surface area contributed by atoms with Gasteiger partial charge in [-0.05, 0) is 30.9 Å². The molecule has 0 spiro atoms. The smallest absolute Gasteiger partial charge is 0.229 e. The number of para-hydroxylation sites is 1. The lowest BCUT2D eigenvalue weighted by atomic mass is 9.94. The summed E-state index contributed by atoms with van der Waals surface area (Å²) in [6.45, 7) is 2.15. The summed E-state index contributed by atoms with van der Waals surface area (Å²) in [7, 11) is 0. The number of amides is 1. The van der Waals surface area contributed by atoms with Crippen LogP contribution in [-0.4, -0.2) is 11.9 Å². The first-order valence-corrected chi connectivity index (χ1v) is 7.86. The summed E-state index contributed by atoms with van der Waals surface area (Å²) in [5.41, 5.74) is 8.34. The van der Waals surface area contributed by atoms with E-state index >= 15 is 0 Å². The Bertz CT molecular complexity index is 444. The van der Waals surface area contributed by atoms with Gasteiger partial charge in [-0.3, -0.25) is 4.79 Å². The largest absolute Gasteiger partial charge is 0.327 e. The first-order chi connectivity index (χ1) is 9.72. The van der Waals surface area contributed by atoms with Gasteiger partial charge in [-0.15, -0.1) is 0 Å². The van der Waals surface area contributed by atoms with Crippen LogP contribution in [0.2, 0.25) is 0 Å². The first kappa shape index (κ1) is 15.0. The number of hydrogen-bond acceptors (Lipinski definition) is 2. The van der Waals surface area contributed by atoms with E-state index in [4.69, 9.17) is 5.73 Å². The van der Waals surface area contributed by atoms with Crippen molar-refractivity contribution in [3.8, 4) is 0 Å². The van der Waals surface area contributed by atoms with E-state index in [2.05, 4.69) is 18.3 Å². The minimum atomic E-state index is -0.0350. The number of rotatable bonds is 4. The molecule has 1 aliphatic rings. The van der Waals surface area contributed by atoms with Crippen LogP contribution in [0.25, 0.3) is 0 Å². The second kappa shape index (κ2) is 7.44. The highest BCUT2D eigenvalue weighted by Crippen LogP contribution is 2.25. The first-order valence-electron chi connectivity index (χ1n) is 7.86. The van der Waals surface area contributed by atoms with Gasteiger partial charge in [0.25, 0.3) is 0 Å². The molecule has 0 bridgehead atoms. The summed E-state index contributed by atoms with van der Waals surface area (Å²) in [4.78, 5) is 12.5. The van der Waals surface area contributed by atoms with Crippen LogP contribution in [0.4, 0.5) is 5.69 Å². The van der Waals surface area contributed by atoms with Crippen molar-refractivity contribution in [1.82, 2.24) is 0 Å². The Morgan fingerprint density at radius 3 is 2.80 bits per heavy atom. The van der Waals surface area contributed by atoms with Gasteiger partial charge in [0.05, 0.1) is 5.92 Å². The molecule has 1 fully saturated rings. The van der Waals surface area contributed by atoms with Gasteiger partial charge in [-0.25, -0.2) is 0 Å². The molecule has 1 aromatic rings. The summed E-state index contributed by atoms with van der Waals surface area (Å²) < 4.78 is 0. The van der Waals surface area contributed by atoms with Crippen molar-refractivity contribution >= 4 is 11.6 Å². The predicted octanol–water partition coefficient (Wildman–Crippen LogP) is 3.49. The number of benzene rings is 1. The van der Waals surface area contributed by atoms with Gasteiger partial charge in [-0.2, -0.15) is 0 Å². The van der Waals surface area contributed by atoms with Gasteiger partial charge >= 0.3 is 0 Å². The van der Waals surface area contributed by atoms with Crippen LogP contribution in [0.3, 0.4) is 0 Å². The molecule has 2 atom stereocenters. The van der Waals surface area contributed by atoms with E-state index in [-0.39, 0.29) is 17.9 Å².